The molecule has 2 aromatic rings. The molecule has 20 heavy (non-hydrogen) atoms. The molecule has 1 aromatic heterocycles. The van der Waals surface area contributed by atoms with Crippen LogP contribution in [0.3, 0.4) is 0 Å². The number of carboxylic acid groups (broad SMARTS) is 1. The molecule has 0 saturated heterocycles. The number of nitrogens with zero attached hydrogens (tertiary/aromatic N) is 1. The highest BCUT2D eigenvalue weighted by Crippen LogP contribution is 2.06. The standard InChI is InChI=1S/C15H14N2O3/c1-10-5-13(9-16-7-10)14(18)17-8-11-3-2-4-12(6-11)15(19)20/h2-7,9H,8H2,1H3,(H,17,18)(H,19,20). The molecule has 0 spiro atoms. The van der Waals surface area contributed by atoms with E-state index in [0.717, 1.165) is 11.1 Å². The minimum atomic E-state index is -0.985. The van der Waals surface area contributed by atoms with Gasteiger partial charge in [-0.05, 0) is 36.2 Å². The van der Waals surface area contributed by atoms with E-state index in [-0.39, 0.29) is 18.0 Å². The number of hydrogen-bond acceptors (Lipinski definition) is 3. The lowest BCUT2D eigenvalue weighted by Crippen LogP contribution is -2.23. The summed E-state index contributed by atoms with van der Waals surface area (Å²) in [6, 6.07) is 8.21. The van der Waals surface area contributed by atoms with Crippen molar-refractivity contribution >= 4 is 11.9 Å². The van der Waals surface area contributed by atoms with E-state index in [2.05, 4.69) is 10.3 Å². The van der Waals surface area contributed by atoms with Crippen LogP contribution in [0.25, 0.3) is 0 Å². The molecule has 0 aliphatic carbocycles. The van der Waals surface area contributed by atoms with Crippen LogP contribution >= 0.6 is 0 Å². The number of rotatable bonds is 4. The van der Waals surface area contributed by atoms with Crippen LogP contribution in [0.4, 0.5) is 0 Å². The summed E-state index contributed by atoms with van der Waals surface area (Å²) in [5.41, 5.74) is 2.33. The van der Waals surface area contributed by atoms with E-state index in [1.165, 1.54) is 18.3 Å². The van der Waals surface area contributed by atoms with Crippen molar-refractivity contribution in [2.24, 2.45) is 0 Å². The Morgan fingerprint density at radius 2 is 2.00 bits per heavy atom. The number of benzene rings is 1. The molecule has 1 amide bonds. The predicted octanol–water partition coefficient (Wildman–Crippen LogP) is 2.02. The van der Waals surface area contributed by atoms with Gasteiger partial charge in [-0.25, -0.2) is 4.79 Å². The maximum atomic E-state index is 11.9. The van der Waals surface area contributed by atoms with Gasteiger partial charge in [0.1, 0.15) is 0 Å². The molecular weight excluding hydrogens is 256 g/mol. The first-order valence-corrected chi connectivity index (χ1v) is 6.08. The van der Waals surface area contributed by atoms with Gasteiger partial charge in [-0.1, -0.05) is 12.1 Å². The van der Waals surface area contributed by atoms with Crippen LogP contribution in [-0.4, -0.2) is 22.0 Å². The normalized spacial score (nSPS) is 10.1. The van der Waals surface area contributed by atoms with Crippen LogP contribution in [0.1, 0.15) is 31.8 Å². The van der Waals surface area contributed by atoms with E-state index < -0.39 is 5.97 Å². The van der Waals surface area contributed by atoms with Crippen molar-refractivity contribution in [1.82, 2.24) is 10.3 Å². The lowest BCUT2D eigenvalue weighted by Gasteiger charge is -2.06. The van der Waals surface area contributed by atoms with Crippen LogP contribution in [0.15, 0.2) is 42.7 Å². The predicted molar refractivity (Wildman–Crippen MR) is 73.5 cm³/mol. The molecule has 0 aliphatic heterocycles. The van der Waals surface area contributed by atoms with E-state index >= 15 is 0 Å². The van der Waals surface area contributed by atoms with Gasteiger partial charge in [-0.3, -0.25) is 9.78 Å². The number of carbonyl (C=O) groups is 2. The monoisotopic (exact) mass is 270 g/mol. The Labute approximate surface area is 116 Å². The number of pyridine rings is 1. The van der Waals surface area contributed by atoms with Crippen molar-refractivity contribution in [1.29, 1.82) is 0 Å². The Morgan fingerprint density at radius 1 is 1.20 bits per heavy atom. The third kappa shape index (κ3) is 3.41. The first-order valence-electron chi connectivity index (χ1n) is 6.08. The molecule has 0 unspecified atom stereocenters. The van der Waals surface area contributed by atoms with E-state index in [9.17, 15) is 9.59 Å². The van der Waals surface area contributed by atoms with Gasteiger partial charge in [0.05, 0.1) is 11.1 Å². The summed E-state index contributed by atoms with van der Waals surface area (Å²) in [5, 5.41) is 11.6. The second kappa shape index (κ2) is 5.97. The Hall–Kier alpha value is -2.69. The van der Waals surface area contributed by atoms with E-state index in [4.69, 9.17) is 5.11 Å². The third-order valence-electron chi connectivity index (χ3n) is 2.76. The van der Waals surface area contributed by atoms with Crippen LogP contribution in [0.2, 0.25) is 0 Å². The van der Waals surface area contributed by atoms with Gasteiger partial charge in [0.2, 0.25) is 0 Å². The summed E-state index contributed by atoms with van der Waals surface area (Å²) in [4.78, 5) is 26.7. The van der Waals surface area contributed by atoms with Crippen molar-refractivity contribution in [2.75, 3.05) is 0 Å². The molecule has 5 heteroatoms. The second-order valence-corrected chi connectivity index (χ2v) is 4.44. The minimum absolute atomic E-state index is 0.203. The zero-order chi connectivity index (χ0) is 14.5. The summed E-state index contributed by atoms with van der Waals surface area (Å²) in [7, 11) is 0. The molecule has 0 bridgehead atoms. The number of carbonyl (C=O) groups excluding carboxylic acids is 1. The first-order chi connectivity index (χ1) is 9.56. The zero-order valence-electron chi connectivity index (χ0n) is 11.0. The van der Waals surface area contributed by atoms with Crippen LogP contribution in [0.5, 0.6) is 0 Å². The van der Waals surface area contributed by atoms with Gasteiger partial charge < -0.3 is 10.4 Å². The average Bonchev–Trinajstić information content (AvgIpc) is 2.45. The molecular formula is C15H14N2O3. The summed E-state index contributed by atoms with van der Waals surface area (Å²) in [5.74, 6) is -1.22. The topological polar surface area (TPSA) is 79.3 Å². The summed E-state index contributed by atoms with van der Waals surface area (Å²) >= 11 is 0. The Bertz CT molecular complexity index is 653. The second-order valence-electron chi connectivity index (χ2n) is 4.44. The summed E-state index contributed by atoms with van der Waals surface area (Å²) in [6.45, 7) is 2.13. The Kier molecular flexibility index (Phi) is 4.10. The van der Waals surface area contributed by atoms with Crippen molar-refractivity contribution in [3.63, 3.8) is 0 Å². The molecule has 0 atom stereocenters. The maximum Gasteiger partial charge on any atom is 0.335 e. The molecule has 0 aliphatic rings. The zero-order valence-corrected chi connectivity index (χ0v) is 11.0. The number of aromatic nitrogens is 1. The number of aryl methyl sites for hydroxylation is 1. The fraction of sp³-hybridized carbons (Fsp3) is 0.133. The van der Waals surface area contributed by atoms with Gasteiger partial charge in [0, 0.05) is 18.9 Å². The molecule has 0 fully saturated rings. The third-order valence-corrected chi connectivity index (χ3v) is 2.76. The van der Waals surface area contributed by atoms with Gasteiger partial charge in [0.15, 0.2) is 0 Å². The lowest BCUT2D eigenvalue weighted by atomic mass is 10.1. The van der Waals surface area contributed by atoms with Crippen molar-refractivity contribution in [3.05, 3.63) is 65.0 Å². The van der Waals surface area contributed by atoms with Crippen LogP contribution in [0, 0.1) is 6.92 Å². The average molecular weight is 270 g/mol. The van der Waals surface area contributed by atoms with Crippen LogP contribution < -0.4 is 5.32 Å². The van der Waals surface area contributed by atoms with Gasteiger partial charge in [0.25, 0.3) is 5.91 Å². The van der Waals surface area contributed by atoms with Gasteiger partial charge >= 0.3 is 5.97 Å². The maximum absolute atomic E-state index is 11.9. The van der Waals surface area contributed by atoms with E-state index in [1.54, 1.807) is 24.4 Å². The smallest absolute Gasteiger partial charge is 0.335 e. The molecule has 2 N–H and O–H groups in total. The molecule has 0 saturated carbocycles. The molecule has 0 radical (unpaired) electrons. The number of nitrogens with one attached hydrogen (secondary N) is 1. The van der Waals surface area contributed by atoms with E-state index in [1.807, 2.05) is 6.92 Å². The van der Waals surface area contributed by atoms with Crippen LogP contribution in [-0.2, 0) is 6.54 Å². The largest absolute Gasteiger partial charge is 0.478 e. The quantitative estimate of drug-likeness (QED) is 0.890. The number of hydrogen-bond donors (Lipinski definition) is 2. The lowest BCUT2D eigenvalue weighted by molar-refractivity contribution is 0.0696. The molecule has 1 aromatic carbocycles. The minimum Gasteiger partial charge on any atom is -0.478 e. The summed E-state index contributed by atoms with van der Waals surface area (Å²) < 4.78 is 0. The number of amides is 1. The highest BCUT2D eigenvalue weighted by Gasteiger charge is 2.07. The number of aromatic carboxylic acids is 1. The highest BCUT2D eigenvalue weighted by atomic mass is 16.4. The SMILES string of the molecule is Cc1cncc(C(=O)NCc2cccc(C(=O)O)c2)c1. The Morgan fingerprint density at radius 3 is 2.70 bits per heavy atom. The molecule has 102 valence electrons. The van der Waals surface area contributed by atoms with Crippen molar-refractivity contribution < 1.29 is 14.7 Å². The Balaban J connectivity index is 2.03. The fourth-order valence-electron chi connectivity index (χ4n) is 1.78. The highest BCUT2D eigenvalue weighted by molar-refractivity contribution is 5.94. The van der Waals surface area contributed by atoms with E-state index in [0.29, 0.717) is 5.56 Å². The molecule has 1 heterocycles. The fourth-order valence-corrected chi connectivity index (χ4v) is 1.78. The molecule has 5 nitrogen and oxygen atoms in total. The van der Waals surface area contributed by atoms with Crippen molar-refractivity contribution in [3.8, 4) is 0 Å². The van der Waals surface area contributed by atoms with Gasteiger partial charge in [-0.2, -0.15) is 0 Å². The van der Waals surface area contributed by atoms with Gasteiger partial charge in [-0.15, -0.1) is 0 Å². The van der Waals surface area contributed by atoms with Crippen molar-refractivity contribution in [2.45, 2.75) is 13.5 Å². The molecule has 2 rings (SSSR count). The first kappa shape index (κ1) is 13.7. The number of carboxylic acids is 1. The summed E-state index contributed by atoms with van der Waals surface area (Å²) in [6.07, 6.45) is 3.17.